The van der Waals surface area contributed by atoms with E-state index in [9.17, 15) is 9.59 Å². The zero-order chi connectivity index (χ0) is 14.3. The number of carbonyl (C=O) groups is 2. The van der Waals surface area contributed by atoms with Crippen molar-refractivity contribution in [2.75, 3.05) is 19.6 Å². The number of likely N-dealkylation sites (tertiary alicyclic amines) is 1. The number of halogens is 1. The van der Waals surface area contributed by atoms with Crippen LogP contribution in [-0.4, -0.2) is 48.6 Å². The third kappa shape index (κ3) is 5.64. The Balaban J connectivity index is 0.00000361. The summed E-state index contributed by atoms with van der Waals surface area (Å²) in [5.41, 5.74) is 5.63. The van der Waals surface area contributed by atoms with Gasteiger partial charge in [0.05, 0.1) is 6.04 Å². The van der Waals surface area contributed by atoms with Crippen LogP contribution < -0.4 is 16.4 Å². The van der Waals surface area contributed by atoms with Crippen LogP contribution in [0.25, 0.3) is 0 Å². The summed E-state index contributed by atoms with van der Waals surface area (Å²) in [5.74, 6) is -0.241. The van der Waals surface area contributed by atoms with Crippen molar-refractivity contribution in [1.82, 2.24) is 15.5 Å². The molecule has 0 saturated carbocycles. The van der Waals surface area contributed by atoms with E-state index in [-0.39, 0.29) is 24.4 Å². The molecule has 6 nitrogen and oxygen atoms in total. The van der Waals surface area contributed by atoms with E-state index in [4.69, 9.17) is 5.73 Å². The van der Waals surface area contributed by atoms with Crippen LogP contribution in [0.15, 0.2) is 0 Å². The second kappa shape index (κ2) is 9.96. The number of rotatable bonds is 5. The Kier molecular flexibility index (Phi) is 9.54. The van der Waals surface area contributed by atoms with Gasteiger partial charge in [-0.15, -0.1) is 12.4 Å². The predicted molar refractivity (Wildman–Crippen MR) is 81.9 cm³/mol. The highest BCUT2D eigenvalue weighted by molar-refractivity contribution is 5.96. The molecule has 0 spiro atoms. The van der Waals surface area contributed by atoms with Gasteiger partial charge < -0.3 is 11.1 Å². The maximum Gasteiger partial charge on any atom is 0.321 e. The molecule has 0 radical (unpaired) electrons. The molecule has 20 heavy (non-hydrogen) atoms. The van der Waals surface area contributed by atoms with Crippen molar-refractivity contribution in [3.8, 4) is 0 Å². The highest BCUT2D eigenvalue weighted by Gasteiger charge is 2.30. The molecule has 2 atom stereocenters. The van der Waals surface area contributed by atoms with E-state index in [2.05, 4.69) is 15.5 Å². The average molecular weight is 307 g/mol. The van der Waals surface area contributed by atoms with Gasteiger partial charge in [-0.25, -0.2) is 4.79 Å². The molecule has 1 saturated heterocycles. The normalized spacial score (nSPS) is 20.6. The summed E-state index contributed by atoms with van der Waals surface area (Å²) < 4.78 is 0. The first-order valence-electron chi connectivity index (χ1n) is 7.14. The van der Waals surface area contributed by atoms with Crippen LogP contribution >= 0.6 is 12.4 Å². The van der Waals surface area contributed by atoms with Gasteiger partial charge in [-0.3, -0.25) is 15.0 Å². The van der Waals surface area contributed by atoms with Crippen LogP contribution in [0.5, 0.6) is 0 Å². The highest BCUT2D eigenvalue weighted by Crippen LogP contribution is 2.21. The highest BCUT2D eigenvalue weighted by atomic mass is 35.5. The summed E-state index contributed by atoms with van der Waals surface area (Å²) in [7, 11) is 0. The van der Waals surface area contributed by atoms with Crippen molar-refractivity contribution in [2.24, 2.45) is 5.73 Å². The molecule has 3 amide bonds. The molecule has 7 heteroatoms. The van der Waals surface area contributed by atoms with Crippen molar-refractivity contribution in [2.45, 2.75) is 51.6 Å². The average Bonchev–Trinajstić information content (AvgIpc) is 2.39. The van der Waals surface area contributed by atoms with Crippen molar-refractivity contribution in [3.05, 3.63) is 0 Å². The minimum Gasteiger partial charge on any atom is -0.338 e. The number of nitrogens with two attached hydrogens (primary N) is 1. The van der Waals surface area contributed by atoms with Gasteiger partial charge in [0.2, 0.25) is 5.91 Å². The Hall–Kier alpha value is -0.850. The van der Waals surface area contributed by atoms with Gasteiger partial charge in [0.25, 0.3) is 0 Å². The van der Waals surface area contributed by atoms with Crippen LogP contribution in [0.4, 0.5) is 4.79 Å². The maximum atomic E-state index is 12.0. The molecule has 0 aromatic heterocycles. The number of amides is 3. The van der Waals surface area contributed by atoms with Gasteiger partial charge in [0.1, 0.15) is 0 Å². The van der Waals surface area contributed by atoms with Gasteiger partial charge >= 0.3 is 6.03 Å². The molecule has 4 N–H and O–H groups in total. The first-order chi connectivity index (χ1) is 9.10. The van der Waals surface area contributed by atoms with Gasteiger partial charge in [-0.2, -0.15) is 0 Å². The van der Waals surface area contributed by atoms with E-state index >= 15 is 0 Å². The lowest BCUT2D eigenvalue weighted by Crippen LogP contribution is -2.54. The molecule has 0 aromatic carbocycles. The van der Waals surface area contributed by atoms with Crippen molar-refractivity contribution in [3.63, 3.8) is 0 Å². The van der Waals surface area contributed by atoms with Crippen LogP contribution in [0.1, 0.15) is 39.5 Å². The molecule has 1 rings (SSSR count). The first-order valence-corrected chi connectivity index (χ1v) is 7.14. The summed E-state index contributed by atoms with van der Waals surface area (Å²) >= 11 is 0. The molecule has 1 fully saturated rings. The Morgan fingerprint density at radius 3 is 2.70 bits per heavy atom. The summed E-state index contributed by atoms with van der Waals surface area (Å²) in [4.78, 5) is 25.6. The molecule has 1 aliphatic rings. The summed E-state index contributed by atoms with van der Waals surface area (Å²) in [5, 5.41) is 4.94. The number of nitrogens with zero attached hydrogens (tertiary/aromatic N) is 1. The van der Waals surface area contributed by atoms with E-state index in [0.717, 1.165) is 25.8 Å². The maximum absolute atomic E-state index is 12.0. The molecule has 1 heterocycles. The number of hydrogen-bond donors (Lipinski definition) is 3. The zero-order valence-corrected chi connectivity index (χ0v) is 13.2. The Morgan fingerprint density at radius 1 is 1.40 bits per heavy atom. The summed E-state index contributed by atoms with van der Waals surface area (Å²) in [6, 6.07) is -0.361. The zero-order valence-electron chi connectivity index (χ0n) is 12.4. The Bertz CT molecular complexity index is 313. The largest absolute Gasteiger partial charge is 0.338 e. The predicted octanol–water partition coefficient (Wildman–Crippen LogP) is 0.846. The molecular weight excluding hydrogens is 280 g/mol. The van der Waals surface area contributed by atoms with Crippen LogP contribution in [-0.2, 0) is 4.79 Å². The molecule has 0 aromatic rings. The topological polar surface area (TPSA) is 87.5 Å². The second-order valence-corrected chi connectivity index (χ2v) is 4.99. The molecule has 118 valence electrons. The lowest BCUT2D eigenvalue weighted by molar-refractivity contribution is -0.126. The third-order valence-electron chi connectivity index (χ3n) is 3.62. The van der Waals surface area contributed by atoms with Crippen molar-refractivity contribution < 1.29 is 9.59 Å². The van der Waals surface area contributed by atoms with Gasteiger partial charge in [0, 0.05) is 12.6 Å². The van der Waals surface area contributed by atoms with Crippen LogP contribution in [0.3, 0.4) is 0 Å². The fourth-order valence-electron chi connectivity index (χ4n) is 2.61. The van der Waals surface area contributed by atoms with Crippen LogP contribution in [0.2, 0.25) is 0 Å². The minimum atomic E-state index is -0.424. The quantitative estimate of drug-likeness (QED) is 0.702. The number of imide groups is 1. The lowest BCUT2D eigenvalue weighted by atomic mass is 9.97. The van der Waals surface area contributed by atoms with E-state index in [0.29, 0.717) is 19.1 Å². The van der Waals surface area contributed by atoms with Crippen molar-refractivity contribution in [1.29, 1.82) is 0 Å². The molecule has 0 aliphatic carbocycles. The molecule has 1 aliphatic heterocycles. The van der Waals surface area contributed by atoms with E-state index < -0.39 is 6.03 Å². The number of nitrogens with one attached hydrogen (secondary N) is 2. The molecule has 2 unspecified atom stereocenters. The lowest BCUT2D eigenvalue weighted by Gasteiger charge is -2.39. The molecule has 0 bridgehead atoms. The number of piperidine rings is 1. The van der Waals surface area contributed by atoms with Crippen molar-refractivity contribution >= 4 is 24.3 Å². The monoisotopic (exact) mass is 306 g/mol. The fraction of sp³-hybridized carbons (Fsp3) is 0.846. The number of hydrogen-bond acceptors (Lipinski definition) is 4. The van der Waals surface area contributed by atoms with E-state index in [1.165, 1.54) is 6.42 Å². The number of carbonyl (C=O) groups excluding carboxylic acids is 2. The van der Waals surface area contributed by atoms with Gasteiger partial charge in [-0.1, -0.05) is 6.42 Å². The summed E-state index contributed by atoms with van der Waals surface area (Å²) in [6.07, 6.45) is 4.26. The Morgan fingerprint density at radius 2 is 2.10 bits per heavy atom. The summed E-state index contributed by atoms with van der Waals surface area (Å²) in [6.45, 7) is 5.70. The van der Waals surface area contributed by atoms with E-state index in [1.54, 1.807) is 0 Å². The number of urea groups is 1. The third-order valence-corrected chi connectivity index (χ3v) is 3.62. The fourth-order valence-corrected chi connectivity index (χ4v) is 2.61. The minimum absolute atomic E-state index is 0. The first kappa shape index (κ1) is 19.1. The smallest absolute Gasteiger partial charge is 0.321 e. The molecular formula is C13H27ClN4O2. The second-order valence-electron chi connectivity index (χ2n) is 4.99. The standard InChI is InChI=1S/C13H26N4O2.ClH/c1-3-15-13(19)16-12(18)10(2)17-9-5-4-6-11(17)7-8-14;/h10-11H,3-9,14H2,1-2H3,(H2,15,16,18,19);1H. The van der Waals surface area contributed by atoms with Gasteiger partial charge in [-0.05, 0) is 46.2 Å². The Labute approximate surface area is 127 Å². The van der Waals surface area contributed by atoms with E-state index in [1.807, 2.05) is 13.8 Å². The van der Waals surface area contributed by atoms with Crippen LogP contribution in [0, 0.1) is 0 Å². The van der Waals surface area contributed by atoms with Gasteiger partial charge in [0.15, 0.2) is 0 Å². The SMILES string of the molecule is CCNC(=O)NC(=O)C(C)N1CCCCC1CCN.Cl.